The summed E-state index contributed by atoms with van der Waals surface area (Å²) in [5, 5.41) is 0. The van der Waals surface area contributed by atoms with Crippen molar-refractivity contribution in [1.82, 2.24) is 4.90 Å². The molecule has 116 valence electrons. The SMILES string of the molecule is COC(=O)C(N)CSCC(=O)N(C)Cc1ccc(C)cc1. The molecule has 0 bridgehead atoms. The highest BCUT2D eigenvalue weighted by Crippen LogP contribution is 2.09. The van der Waals surface area contributed by atoms with E-state index in [0.717, 1.165) is 5.56 Å². The first-order valence-corrected chi connectivity index (χ1v) is 7.80. The van der Waals surface area contributed by atoms with Gasteiger partial charge in [0.1, 0.15) is 6.04 Å². The summed E-state index contributed by atoms with van der Waals surface area (Å²) in [7, 11) is 3.07. The number of ether oxygens (including phenoxy) is 1. The van der Waals surface area contributed by atoms with Gasteiger partial charge in [-0.3, -0.25) is 9.59 Å². The molecule has 1 unspecified atom stereocenters. The molecule has 0 fully saturated rings. The molecule has 1 aromatic rings. The van der Waals surface area contributed by atoms with Crippen molar-refractivity contribution in [3.8, 4) is 0 Å². The number of rotatable bonds is 7. The molecule has 2 N–H and O–H groups in total. The van der Waals surface area contributed by atoms with E-state index in [1.54, 1.807) is 11.9 Å². The van der Waals surface area contributed by atoms with Crippen LogP contribution in [-0.2, 0) is 20.9 Å². The summed E-state index contributed by atoms with van der Waals surface area (Å²) in [5.74, 6) is 0.227. The number of esters is 1. The number of aryl methyl sites for hydroxylation is 1. The van der Waals surface area contributed by atoms with Crippen LogP contribution in [0.15, 0.2) is 24.3 Å². The van der Waals surface area contributed by atoms with Crippen molar-refractivity contribution in [1.29, 1.82) is 0 Å². The molecule has 0 spiro atoms. The molecule has 6 heteroatoms. The van der Waals surface area contributed by atoms with Crippen molar-refractivity contribution in [2.75, 3.05) is 25.7 Å². The van der Waals surface area contributed by atoms with Crippen molar-refractivity contribution in [2.45, 2.75) is 19.5 Å². The molecule has 0 aliphatic rings. The molecule has 1 amide bonds. The second-order valence-electron chi connectivity index (χ2n) is 4.88. The predicted octanol–water partition coefficient (Wildman–Crippen LogP) is 1.19. The maximum absolute atomic E-state index is 12.0. The highest BCUT2D eigenvalue weighted by atomic mass is 32.2. The topological polar surface area (TPSA) is 72.6 Å². The van der Waals surface area contributed by atoms with E-state index in [1.807, 2.05) is 31.2 Å². The Balaban J connectivity index is 2.34. The molecular formula is C15H22N2O3S. The van der Waals surface area contributed by atoms with E-state index >= 15 is 0 Å². The number of carbonyl (C=O) groups is 2. The molecule has 0 heterocycles. The Hall–Kier alpha value is -1.53. The molecule has 1 atom stereocenters. The molecule has 0 saturated heterocycles. The molecule has 0 radical (unpaired) electrons. The Kier molecular flexibility index (Phi) is 7.25. The fourth-order valence-corrected chi connectivity index (χ4v) is 2.56. The van der Waals surface area contributed by atoms with Gasteiger partial charge in [0, 0.05) is 19.3 Å². The maximum Gasteiger partial charge on any atom is 0.323 e. The molecule has 0 aliphatic carbocycles. The number of benzene rings is 1. The standard InChI is InChI=1S/C15H22N2O3S/c1-11-4-6-12(7-5-11)8-17(2)14(18)10-21-9-13(16)15(19)20-3/h4-7,13H,8-10,16H2,1-3H3. The van der Waals surface area contributed by atoms with Gasteiger partial charge in [-0.2, -0.15) is 0 Å². The third-order valence-electron chi connectivity index (χ3n) is 2.99. The van der Waals surface area contributed by atoms with Gasteiger partial charge in [-0.15, -0.1) is 11.8 Å². The average molecular weight is 310 g/mol. The lowest BCUT2D eigenvalue weighted by atomic mass is 10.1. The predicted molar refractivity (Wildman–Crippen MR) is 85.0 cm³/mol. The lowest BCUT2D eigenvalue weighted by molar-refractivity contribution is -0.141. The van der Waals surface area contributed by atoms with Gasteiger partial charge < -0.3 is 15.4 Å². The summed E-state index contributed by atoms with van der Waals surface area (Å²) in [6.45, 7) is 2.60. The molecule has 0 aromatic heterocycles. The van der Waals surface area contributed by atoms with Crippen LogP contribution in [0.3, 0.4) is 0 Å². The highest BCUT2D eigenvalue weighted by molar-refractivity contribution is 8.00. The lowest BCUT2D eigenvalue weighted by Crippen LogP contribution is -2.35. The third kappa shape index (κ3) is 6.18. The molecule has 1 aromatic carbocycles. The van der Waals surface area contributed by atoms with E-state index in [9.17, 15) is 9.59 Å². The zero-order chi connectivity index (χ0) is 15.8. The minimum Gasteiger partial charge on any atom is -0.468 e. The fraction of sp³-hybridized carbons (Fsp3) is 0.467. The van der Waals surface area contributed by atoms with Gasteiger partial charge in [0.25, 0.3) is 0 Å². The Morgan fingerprint density at radius 2 is 1.95 bits per heavy atom. The summed E-state index contributed by atoms with van der Waals surface area (Å²) in [5.41, 5.74) is 7.89. The van der Waals surface area contributed by atoms with Crippen molar-refractivity contribution in [3.05, 3.63) is 35.4 Å². The quantitative estimate of drug-likeness (QED) is 0.766. The number of hydrogen-bond acceptors (Lipinski definition) is 5. The van der Waals surface area contributed by atoms with Crippen LogP contribution >= 0.6 is 11.8 Å². The number of nitrogens with zero attached hydrogens (tertiary/aromatic N) is 1. The van der Waals surface area contributed by atoms with Crippen LogP contribution < -0.4 is 5.73 Å². The number of carbonyl (C=O) groups excluding carboxylic acids is 2. The van der Waals surface area contributed by atoms with Crippen molar-refractivity contribution < 1.29 is 14.3 Å². The van der Waals surface area contributed by atoms with Gasteiger partial charge in [-0.25, -0.2) is 0 Å². The van der Waals surface area contributed by atoms with Crippen molar-refractivity contribution in [3.63, 3.8) is 0 Å². The minimum absolute atomic E-state index is 0.0117. The maximum atomic E-state index is 12.0. The average Bonchev–Trinajstić information content (AvgIpc) is 2.48. The number of hydrogen-bond donors (Lipinski definition) is 1. The Morgan fingerprint density at radius 3 is 2.52 bits per heavy atom. The van der Waals surface area contributed by atoms with Crippen LogP contribution in [0.4, 0.5) is 0 Å². The first-order chi connectivity index (χ1) is 9.93. The summed E-state index contributed by atoms with van der Waals surface area (Å²) >= 11 is 1.34. The second-order valence-corrected chi connectivity index (χ2v) is 5.91. The third-order valence-corrected chi connectivity index (χ3v) is 4.04. The van der Waals surface area contributed by atoms with Gasteiger partial charge in [0.15, 0.2) is 0 Å². The number of methoxy groups -OCH3 is 1. The minimum atomic E-state index is -0.685. The van der Waals surface area contributed by atoms with Crippen molar-refractivity contribution in [2.24, 2.45) is 5.73 Å². The zero-order valence-electron chi connectivity index (χ0n) is 12.7. The Morgan fingerprint density at radius 1 is 1.33 bits per heavy atom. The first-order valence-electron chi connectivity index (χ1n) is 6.64. The van der Waals surface area contributed by atoms with Crippen LogP contribution in [0, 0.1) is 6.92 Å². The fourth-order valence-electron chi connectivity index (χ4n) is 1.66. The van der Waals surface area contributed by atoms with Gasteiger partial charge in [0.2, 0.25) is 5.91 Å². The van der Waals surface area contributed by atoms with Crippen LogP contribution in [-0.4, -0.2) is 48.5 Å². The van der Waals surface area contributed by atoms with E-state index < -0.39 is 12.0 Å². The van der Waals surface area contributed by atoms with Crippen LogP contribution in [0.2, 0.25) is 0 Å². The summed E-state index contributed by atoms with van der Waals surface area (Å²) in [6, 6.07) is 7.39. The molecule has 1 rings (SSSR count). The van der Waals surface area contributed by atoms with E-state index in [0.29, 0.717) is 18.1 Å². The Labute approximate surface area is 129 Å². The van der Waals surface area contributed by atoms with Gasteiger partial charge >= 0.3 is 5.97 Å². The summed E-state index contributed by atoms with van der Waals surface area (Å²) in [4.78, 5) is 24.8. The normalized spacial score (nSPS) is 11.8. The molecule has 5 nitrogen and oxygen atoms in total. The van der Waals surface area contributed by atoms with Gasteiger partial charge in [-0.1, -0.05) is 29.8 Å². The van der Waals surface area contributed by atoms with E-state index in [-0.39, 0.29) is 5.91 Å². The second kappa shape index (κ2) is 8.69. The molecule has 0 aliphatic heterocycles. The summed E-state index contributed by atoms with van der Waals surface area (Å²) in [6.07, 6.45) is 0. The molecule has 0 saturated carbocycles. The molecular weight excluding hydrogens is 288 g/mol. The smallest absolute Gasteiger partial charge is 0.323 e. The Bertz CT molecular complexity index is 476. The van der Waals surface area contributed by atoms with Crippen molar-refractivity contribution >= 4 is 23.6 Å². The van der Waals surface area contributed by atoms with E-state index in [2.05, 4.69) is 4.74 Å². The molecule has 21 heavy (non-hydrogen) atoms. The number of nitrogens with two attached hydrogens (primary N) is 1. The van der Waals surface area contributed by atoms with E-state index in [4.69, 9.17) is 5.73 Å². The number of thioether (sulfide) groups is 1. The first kappa shape index (κ1) is 17.5. The van der Waals surface area contributed by atoms with Gasteiger partial charge in [0.05, 0.1) is 12.9 Å². The zero-order valence-corrected chi connectivity index (χ0v) is 13.5. The van der Waals surface area contributed by atoms with Crippen LogP contribution in [0.1, 0.15) is 11.1 Å². The highest BCUT2D eigenvalue weighted by Gasteiger charge is 2.15. The number of amides is 1. The van der Waals surface area contributed by atoms with Gasteiger partial charge in [-0.05, 0) is 12.5 Å². The van der Waals surface area contributed by atoms with E-state index in [1.165, 1.54) is 24.4 Å². The monoisotopic (exact) mass is 310 g/mol. The summed E-state index contributed by atoms with van der Waals surface area (Å²) < 4.78 is 4.53. The largest absolute Gasteiger partial charge is 0.468 e. The van der Waals surface area contributed by atoms with Crippen LogP contribution in [0.5, 0.6) is 0 Å². The van der Waals surface area contributed by atoms with Crippen LogP contribution in [0.25, 0.3) is 0 Å². The lowest BCUT2D eigenvalue weighted by Gasteiger charge is -2.17.